The Labute approximate surface area is 119 Å². The van der Waals surface area contributed by atoms with Crippen LogP contribution in [0.1, 0.15) is 27.2 Å². The maximum atomic E-state index is 11.7. The van der Waals surface area contributed by atoms with Gasteiger partial charge in [-0.15, -0.1) is 0 Å². The third kappa shape index (κ3) is 3.37. The minimum Gasteiger partial charge on any atom is -0.472 e. The molecule has 1 amide bonds. The minimum atomic E-state index is 0.0633. The second-order valence-electron chi connectivity index (χ2n) is 5.07. The lowest BCUT2D eigenvalue weighted by Crippen LogP contribution is -2.49. The summed E-state index contributed by atoms with van der Waals surface area (Å²) in [6.45, 7) is 8.81. The Hall–Kier alpha value is -1.85. The normalized spacial score (nSPS) is 15.6. The molecule has 1 aliphatic rings. The van der Waals surface area contributed by atoms with Gasteiger partial charge in [-0.3, -0.25) is 4.79 Å². The molecule has 1 aromatic rings. The molecule has 110 valence electrons. The zero-order valence-electron chi connectivity index (χ0n) is 12.4. The van der Waals surface area contributed by atoms with Gasteiger partial charge in [0.2, 0.25) is 5.91 Å². The summed E-state index contributed by atoms with van der Waals surface area (Å²) in [4.78, 5) is 24.3. The fraction of sp³-hybridized carbons (Fsp3) is 0.643. The molecule has 0 saturated carbocycles. The third-order valence-corrected chi connectivity index (χ3v) is 3.23. The number of rotatable bonds is 4. The molecule has 20 heavy (non-hydrogen) atoms. The molecule has 6 nitrogen and oxygen atoms in total. The molecule has 0 unspecified atom stereocenters. The zero-order valence-corrected chi connectivity index (χ0v) is 12.4. The SMILES string of the molecule is CCC(=O)N1CCN(c2nccnc2OC(C)C)CC1. The average Bonchev–Trinajstić information content (AvgIpc) is 2.46. The number of hydrogen-bond donors (Lipinski definition) is 0. The van der Waals surface area contributed by atoms with E-state index in [0.717, 1.165) is 32.0 Å². The summed E-state index contributed by atoms with van der Waals surface area (Å²) < 4.78 is 5.70. The van der Waals surface area contributed by atoms with Gasteiger partial charge in [0, 0.05) is 45.0 Å². The molecular weight excluding hydrogens is 256 g/mol. The fourth-order valence-corrected chi connectivity index (χ4v) is 2.23. The van der Waals surface area contributed by atoms with Gasteiger partial charge in [-0.2, -0.15) is 0 Å². The standard InChI is InChI=1S/C14H22N4O2/c1-4-12(19)17-7-9-18(10-8-17)13-14(20-11(2)3)16-6-5-15-13/h5-6,11H,4,7-10H2,1-3H3. The van der Waals surface area contributed by atoms with E-state index in [4.69, 9.17) is 4.74 Å². The van der Waals surface area contributed by atoms with Gasteiger partial charge in [0.15, 0.2) is 5.82 Å². The molecule has 0 aromatic carbocycles. The number of anilines is 1. The van der Waals surface area contributed by atoms with Crippen LogP contribution in [-0.2, 0) is 4.79 Å². The topological polar surface area (TPSA) is 58.6 Å². The highest BCUT2D eigenvalue weighted by atomic mass is 16.5. The number of hydrogen-bond acceptors (Lipinski definition) is 5. The van der Waals surface area contributed by atoms with Crippen molar-refractivity contribution in [2.24, 2.45) is 0 Å². The van der Waals surface area contributed by atoms with Gasteiger partial charge < -0.3 is 14.5 Å². The maximum absolute atomic E-state index is 11.7. The van der Waals surface area contributed by atoms with Gasteiger partial charge >= 0.3 is 0 Å². The molecule has 0 spiro atoms. The quantitative estimate of drug-likeness (QED) is 0.831. The van der Waals surface area contributed by atoms with Crippen LogP contribution in [0, 0.1) is 0 Å². The van der Waals surface area contributed by atoms with Crippen molar-refractivity contribution < 1.29 is 9.53 Å². The highest BCUT2D eigenvalue weighted by Crippen LogP contribution is 2.24. The van der Waals surface area contributed by atoms with Crippen LogP contribution >= 0.6 is 0 Å². The number of ether oxygens (including phenoxy) is 1. The number of nitrogens with zero attached hydrogens (tertiary/aromatic N) is 4. The smallest absolute Gasteiger partial charge is 0.257 e. The van der Waals surface area contributed by atoms with Crippen LogP contribution < -0.4 is 9.64 Å². The Balaban J connectivity index is 2.05. The lowest BCUT2D eigenvalue weighted by molar-refractivity contribution is -0.131. The summed E-state index contributed by atoms with van der Waals surface area (Å²) in [7, 11) is 0. The van der Waals surface area contributed by atoms with Crippen molar-refractivity contribution in [3.05, 3.63) is 12.4 Å². The van der Waals surface area contributed by atoms with E-state index in [0.29, 0.717) is 12.3 Å². The molecule has 0 aliphatic carbocycles. The van der Waals surface area contributed by atoms with Gasteiger partial charge in [0.25, 0.3) is 5.88 Å². The second kappa shape index (κ2) is 6.54. The first-order chi connectivity index (χ1) is 9.61. The van der Waals surface area contributed by atoms with Crippen molar-refractivity contribution >= 4 is 11.7 Å². The molecule has 6 heteroatoms. The number of aromatic nitrogens is 2. The van der Waals surface area contributed by atoms with Crippen LogP contribution in [0.4, 0.5) is 5.82 Å². The minimum absolute atomic E-state index is 0.0633. The largest absolute Gasteiger partial charge is 0.472 e. The van der Waals surface area contributed by atoms with Crippen molar-refractivity contribution in [2.75, 3.05) is 31.1 Å². The summed E-state index contributed by atoms with van der Waals surface area (Å²) >= 11 is 0. The van der Waals surface area contributed by atoms with Crippen molar-refractivity contribution in [2.45, 2.75) is 33.3 Å². The van der Waals surface area contributed by atoms with Crippen molar-refractivity contribution in [3.63, 3.8) is 0 Å². The van der Waals surface area contributed by atoms with E-state index >= 15 is 0 Å². The van der Waals surface area contributed by atoms with Crippen molar-refractivity contribution in [1.29, 1.82) is 0 Å². The Bertz CT molecular complexity index is 456. The lowest BCUT2D eigenvalue weighted by Gasteiger charge is -2.35. The van der Waals surface area contributed by atoms with Crippen LogP contribution in [0.15, 0.2) is 12.4 Å². The van der Waals surface area contributed by atoms with E-state index < -0.39 is 0 Å². The molecule has 1 saturated heterocycles. The van der Waals surface area contributed by atoms with E-state index in [2.05, 4.69) is 14.9 Å². The number of carbonyl (C=O) groups excluding carboxylic acids is 1. The Morgan fingerprint density at radius 2 is 1.90 bits per heavy atom. The van der Waals surface area contributed by atoms with E-state index in [-0.39, 0.29) is 12.0 Å². The third-order valence-electron chi connectivity index (χ3n) is 3.23. The summed E-state index contributed by atoms with van der Waals surface area (Å²) in [6.07, 6.45) is 3.94. The predicted octanol–water partition coefficient (Wildman–Crippen LogP) is 1.32. The molecule has 0 bridgehead atoms. The van der Waals surface area contributed by atoms with Gasteiger partial charge in [-0.1, -0.05) is 6.92 Å². The highest BCUT2D eigenvalue weighted by molar-refractivity contribution is 5.76. The predicted molar refractivity (Wildman–Crippen MR) is 76.9 cm³/mol. The monoisotopic (exact) mass is 278 g/mol. The first-order valence-electron chi connectivity index (χ1n) is 7.12. The van der Waals surface area contributed by atoms with Crippen LogP contribution in [0.2, 0.25) is 0 Å². The van der Waals surface area contributed by atoms with Crippen LogP contribution in [0.25, 0.3) is 0 Å². The molecule has 0 radical (unpaired) electrons. The molecule has 2 rings (SSSR count). The lowest BCUT2D eigenvalue weighted by atomic mass is 10.3. The summed E-state index contributed by atoms with van der Waals surface area (Å²) in [5.74, 6) is 1.55. The molecular formula is C14H22N4O2. The molecule has 2 heterocycles. The van der Waals surface area contributed by atoms with E-state index in [1.807, 2.05) is 25.7 Å². The number of amides is 1. The van der Waals surface area contributed by atoms with Crippen molar-refractivity contribution in [1.82, 2.24) is 14.9 Å². The first-order valence-corrected chi connectivity index (χ1v) is 7.12. The van der Waals surface area contributed by atoms with E-state index in [1.54, 1.807) is 12.4 Å². The summed E-state index contributed by atoms with van der Waals surface area (Å²) in [6, 6.07) is 0. The fourth-order valence-electron chi connectivity index (χ4n) is 2.23. The summed E-state index contributed by atoms with van der Waals surface area (Å²) in [5.41, 5.74) is 0. The first kappa shape index (κ1) is 14.6. The average molecular weight is 278 g/mol. The molecule has 0 N–H and O–H groups in total. The maximum Gasteiger partial charge on any atom is 0.257 e. The zero-order chi connectivity index (χ0) is 14.5. The van der Waals surface area contributed by atoms with Crippen LogP contribution in [0.3, 0.4) is 0 Å². The Morgan fingerprint density at radius 1 is 1.25 bits per heavy atom. The second-order valence-corrected chi connectivity index (χ2v) is 5.07. The van der Waals surface area contributed by atoms with Gasteiger partial charge in [-0.25, -0.2) is 9.97 Å². The number of carbonyl (C=O) groups is 1. The van der Waals surface area contributed by atoms with Gasteiger partial charge in [-0.05, 0) is 13.8 Å². The van der Waals surface area contributed by atoms with Crippen LogP contribution in [0.5, 0.6) is 5.88 Å². The molecule has 1 aromatic heterocycles. The van der Waals surface area contributed by atoms with Crippen LogP contribution in [-0.4, -0.2) is 53.1 Å². The van der Waals surface area contributed by atoms with Crippen molar-refractivity contribution in [3.8, 4) is 5.88 Å². The summed E-state index contributed by atoms with van der Waals surface area (Å²) in [5, 5.41) is 0. The van der Waals surface area contributed by atoms with E-state index in [1.165, 1.54) is 0 Å². The number of piperazine rings is 1. The highest BCUT2D eigenvalue weighted by Gasteiger charge is 2.23. The molecule has 1 fully saturated rings. The Kier molecular flexibility index (Phi) is 4.76. The van der Waals surface area contributed by atoms with Gasteiger partial charge in [0.1, 0.15) is 0 Å². The van der Waals surface area contributed by atoms with E-state index in [9.17, 15) is 4.79 Å². The molecule has 1 aliphatic heterocycles. The Morgan fingerprint density at radius 3 is 2.50 bits per heavy atom. The molecule has 0 atom stereocenters. The van der Waals surface area contributed by atoms with Gasteiger partial charge in [0.05, 0.1) is 6.10 Å².